The maximum atomic E-state index is 10.9. The van der Waals surface area contributed by atoms with Gasteiger partial charge in [0.05, 0.1) is 26.4 Å². The van der Waals surface area contributed by atoms with Gasteiger partial charge in [0.25, 0.3) is 0 Å². The predicted molar refractivity (Wildman–Crippen MR) is 114 cm³/mol. The molecule has 3 aliphatic rings. The van der Waals surface area contributed by atoms with Crippen LogP contribution < -0.4 is 5.73 Å². The van der Waals surface area contributed by atoms with E-state index < -0.39 is 112 Å². The molecule has 0 aromatic heterocycles. The van der Waals surface area contributed by atoms with E-state index in [1.165, 1.54) is 0 Å². The maximum absolute atomic E-state index is 10.9. The molecule has 12 N–H and O–H groups in total. The van der Waals surface area contributed by atoms with Gasteiger partial charge in [0.15, 0.2) is 18.9 Å². The van der Waals surface area contributed by atoms with Gasteiger partial charge < -0.3 is 85.2 Å². The third-order valence-electron chi connectivity index (χ3n) is 6.45. The lowest BCUT2D eigenvalue weighted by Crippen LogP contribution is -2.65. The van der Waals surface area contributed by atoms with Crippen molar-refractivity contribution in [1.82, 2.24) is 0 Å². The molecule has 1 unspecified atom stereocenters. The minimum Gasteiger partial charge on any atom is -0.394 e. The average Bonchev–Trinajstić information content (AvgIpc) is 2.89. The van der Waals surface area contributed by atoms with Crippen LogP contribution in [0, 0.1) is 0 Å². The van der Waals surface area contributed by atoms with Gasteiger partial charge in [0.2, 0.25) is 0 Å². The van der Waals surface area contributed by atoms with Crippen LogP contribution in [0.25, 0.3) is 0 Å². The SMILES string of the molecule is NCCO[C@H]1O[C@H](CO[C@H]2O[C@H](CO)[C@@H](O)[C@H](O)[C@@H]2O)[C@@H](O)[C@H](OC2O[C@H](CO)[C@@H](O)[C@H](O)[C@@H]2O)[C@@H]1O. The van der Waals surface area contributed by atoms with Crippen LogP contribution >= 0.6 is 0 Å². The normalized spacial score (nSPS) is 49.2. The summed E-state index contributed by atoms with van der Waals surface area (Å²) in [7, 11) is 0. The Morgan fingerprint density at radius 1 is 0.541 bits per heavy atom. The van der Waals surface area contributed by atoms with E-state index in [1.54, 1.807) is 0 Å². The molecule has 0 aromatic carbocycles. The van der Waals surface area contributed by atoms with Crippen LogP contribution in [0.2, 0.25) is 0 Å². The van der Waals surface area contributed by atoms with Crippen molar-refractivity contribution in [1.29, 1.82) is 0 Å². The van der Waals surface area contributed by atoms with Crippen molar-refractivity contribution in [3.05, 3.63) is 0 Å². The molecule has 37 heavy (non-hydrogen) atoms. The second kappa shape index (κ2) is 13.6. The van der Waals surface area contributed by atoms with Gasteiger partial charge in [-0.25, -0.2) is 0 Å². The number of aliphatic hydroxyl groups excluding tert-OH is 10. The first-order chi connectivity index (χ1) is 17.5. The van der Waals surface area contributed by atoms with Crippen molar-refractivity contribution in [2.45, 2.75) is 92.1 Å². The van der Waals surface area contributed by atoms with Gasteiger partial charge in [-0.15, -0.1) is 0 Å². The molecule has 3 rings (SSSR count). The molecule has 3 saturated heterocycles. The van der Waals surface area contributed by atoms with Crippen LogP contribution in [0.5, 0.6) is 0 Å². The van der Waals surface area contributed by atoms with Crippen molar-refractivity contribution in [2.24, 2.45) is 5.73 Å². The van der Waals surface area contributed by atoms with Gasteiger partial charge in [-0.3, -0.25) is 0 Å². The molecule has 15 atom stereocenters. The zero-order valence-corrected chi connectivity index (χ0v) is 19.7. The van der Waals surface area contributed by atoms with Gasteiger partial charge >= 0.3 is 0 Å². The second-order valence-corrected chi connectivity index (χ2v) is 9.01. The Hall–Kier alpha value is -0.680. The smallest absolute Gasteiger partial charge is 0.187 e. The zero-order chi connectivity index (χ0) is 27.4. The van der Waals surface area contributed by atoms with E-state index in [-0.39, 0.29) is 13.2 Å². The fourth-order valence-corrected chi connectivity index (χ4v) is 4.25. The lowest BCUT2D eigenvalue weighted by atomic mass is 9.96. The second-order valence-electron chi connectivity index (χ2n) is 9.01. The molecule has 218 valence electrons. The van der Waals surface area contributed by atoms with Crippen LogP contribution in [-0.4, -0.2) is 176 Å². The zero-order valence-electron chi connectivity index (χ0n) is 19.7. The summed E-state index contributed by atoms with van der Waals surface area (Å²) in [6.45, 7) is -2.01. The first-order valence-corrected chi connectivity index (χ1v) is 11.8. The number of ether oxygens (including phenoxy) is 6. The van der Waals surface area contributed by atoms with Crippen molar-refractivity contribution >= 4 is 0 Å². The summed E-state index contributed by atoms with van der Waals surface area (Å²) in [6.07, 6.45) is -23.9. The predicted octanol–water partition coefficient (Wildman–Crippen LogP) is -7.59. The average molecular weight is 548 g/mol. The van der Waals surface area contributed by atoms with Crippen LogP contribution in [0.3, 0.4) is 0 Å². The van der Waals surface area contributed by atoms with E-state index in [1.807, 2.05) is 0 Å². The summed E-state index contributed by atoms with van der Waals surface area (Å²) < 4.78 is 32.4. The molecule has 0 radical (unpaired) electrons. The summed E-state index contributed by atoms with van der Waals surface area (Å²) in [5.74, 6) is 0. The van der Waals surface area contributed by atoms with Crippen LogP contribution in [0.1, 0.15) is 0 Å². The van der Waals surface area contributed by atoms with E-state index in [0.29, 0.717) is 0 Å². The van der Waals surface area contributed by atoms with Crippen molar-refractivity contribution in [3.8, 4) is 0 Å². The number of aliphatic hydroxyl groups is 10. The molecule has 0 spiro atoms. The van der Waals surface area contributed by atoms with Gasteiger partial charge in [0.1, 0.15) is 73.2 Å². The van der Waals surface area contributed by atoms with Crippen molar-refractivity contribution < 1.29 is 79.5 Å². The largest absolute Gasteiger partial charge is 0.394 e. The molecule has 17 nitrogen and oxygen atoms in total. The lowest BCUT2D eigenvalue weighted by molar-refractivity contribution is -0.365. The Labute approximate surface area is 211 Å². The number of rotatable bonds is 10. The minimum absolute atomic E-state index is 0.0411. The summed E-state index contributed by atoms with van der Waals surface area (Å²) in [5.41, 5.74) is 5.43. The topological polar surface area (TPSA) is 284 Å². The molecule has 0 saturated carbocycles. The van der Waals surface area contributed by atoms with E-state index in [9.17, 15) is 51.1 Å². The van der Waals surface area contributed by atoms with Crippen molar-refractivity contribution in [2.75, 3.05) is 33.0 Å². The molecule has 0 bridgehead atoms. The summed E-state index contributed by atoms with van der Waals surface area (Å²) in [4.78, 5) is 0. The third-order valence-corrected chi connectivity index (χ3v) is 6.45. The summed E-state index contributed by atoms with van der Waals surface area (Å²) in [6, 6.07) is 0. The molecule has 3 aliphatic heterocycles. The highest BCUT2D eigenvalue weighted by atomic mass is 16.7. The van der Waals surface area contributed by atoms with E-state index in [0.717, 1.165) is 0 Å². The molecule has 3 fully saturated rings. The Kier molecular flexibility index (Phi) is 11.3. The molecule has 0 aliphatic carbocycles. The lowest BCUT2D eigenvalue weighted by Gasteiger charge is -2.46. The molecule has 0 amide bonds. The highest BCUT2D eigenvalue weighted by molar-refractivity contribution is 4.95. The molecule has 17 heteroatoms. The van der Waals surface area contributed by atoms with Crippen LogP contribution in [-0.2, 0) is 28.4 Å². The minimum atomic E-state index is -1.83. The Balaban J connectivity index is 1.73. The van der Waals surface area contributed by atoms with Gasteiger partial charge in [-0.2, -0.15) is 0 Å². The highest BCUT2D eigenvalue weighted by Crippen LogP contribution is 2.30. The third kappa shape index (κ3) is 6.73. The van der Waals surface area contributed by atoms with Crippen LogP contribution in [0.4, 0.5) is 0 Å². The van der Waals surface area contributed by atoms with Gasteiger partial charge in [-0.1, -0.05) is 0 Å². The van der Waals surface area contributed by atoms with Gasteiger partial charge in [0, 0.05) is 6.54 Å². The monoisotopic (exact) mass is 547 g/mol. The van der Waals surface area contributed by atoms with E-state index in [2.05, 4.69) is 0 Å². The first-order valence-electron chi connectivity index (χ1n) is 11.8. The van der Waals surface area contributed by atoms with Crippen LogP contribution in [0.15, 0.2) is 0 Å². The fraction of sp³-hybridized carbons (Fsp3) is 1.00. The Bertz CT molecular complexity index is 689. The molecule has 3 heterocycles. The first kappa shape index (κ1) is 30.9. The Morgan fingerprint density at radius 2 is 1.03 bits per heavy atom. The summed E-state index contributed by atoms with van der Waals surface area (Å²) >= 11 is 0. The summed E-state index contributed by atoms with van der Waals surface area (Å²) in [5, 5.41) is 101. The quantitative estimate of drug-likeness (QED) is 0.121. The van der Waals surface area contributed by atoms with Crippen molar-refractivity contribution in [3.63, 3.8) is 0 Å². The Morgan fingerprint density at radius 3 is 1.57 bits per heavy atom. The number of hydrogen-bond donors (Lipinski definition) is 11. The molecule has 0 aromatic rings. The standard InChI is InChI=1S/C20H37NO16/c21-1-2-32-19-16(31)17(37-20-15(30)13(28)10(25)7(4-23)35-20)11(26)8(36-19)5-33-18-14(29)12(27)9(24)6(3-22)34-18/h6-20,22-31H,1-5,21H2/t6-,7-,8-,9-,10-,11-,12+,13+,14+,15+,16+,17+,18+,19+,20?/m1/s1. The number of nitrogens with two attached hydrogens (primary N) is 1. The highest BCUT2D eigenvalue weighted by Gasteiger charge is 2.52. The fourth-order valence-electron chi connectivity index (χ4n) is 4.25. The maximum Gasteiger partial charge on any atom is 0.187 e. The number of hydrogen-bond acceptors (Lipinski definition) is 17. The van der Waals surface area contributed by atoms with E-state index in [4.69, 9.17) is 34.2 Å². The molecular formula is C20H37NO16. The molecular weight excluding hydrogens is 510 g/mol. The van der Waals surface area contributed by atoms with Gasteiger partial charge in [-0.05, 0) is 0 Å². The van der Waals surface area contributed by atoms with E-state index >= 15 is 0 Å².